The summed E-state index contributed by atoms with van der Waals surface area (Å²) in [4.78, 5) is 29.9. The molecule has 1 fully saturated rings. The lowest BCUT2D eigenvalue weighted by molar-refractivity contribution is 0.0948. The Morgan fingerprint density at radius 3 is 2.54 bits per heavy atom. The van der Waals surface area contributed by atoms with E-state index in [2.05, 4.69) is 15.6 Å². The van der Waals surface area contributed by atoms with E-state index in [-0.39, 0.29) is 41.0 Å². The van der Waals surface area contributed by atoms with Gasteiger partial charge in [0.2, 0.25) is 0 Å². The lowest BCUT2D eigenvalue weighted by Gasteiger charge is -2.14. The number of nitrogens with zero attached hydrogens (tertiary/aromatic N) is 1. The number of rotatable bonds is 7. The van der Waals surface area contributed by atoms with Crippen molar-refractivity contribution >= 4 is 27.9 Å². The van der Waals surface area contributed by atoms with Crippen molar-refractivity contribution in [2.75, 3.05) is 5.32 Å². The van der Waals surface area contributed by atoms with Gasteiger partial charge in [-0.05, 0) is 62.2 Å². The van der Waals surface area contributed by atoms with Crippen LogP contribution in [-0.2, 0) is 17.0 Å². The van der Waals surface area contributed by atoms with Crippen molar-refractivity contribution in [3.05, 3.63) is 77.1 Å². The van der Waals surface area contributed by atoms with Gasteiger partial charge in [-0.15, -0.1) is 8.42 Å². The zero-order chi connectivity index (χ0) is 24.6. The Hall–Kier alpha value is -4.12. The number of hydrogen-bond acceptors (Lipinski definition) is 8. The fourth-order valence-corrected chi connectivity index (χ4v) is 4.28. The maximum absolute atomic E-state index is 13.0. The van der Waals surface area contributed by atoms with Crippen LogP contribution in [0.5, 0.6) is 17.2 Å². The quantitative estimate of drug-likeness (QED) is 0.511. The molecule has 0 atom stereocenters. The molecule has 2 aromatic carbocycles. The lowest BCUT2D eigenvalue weighted by Crippen LogP contribution is -2.26. The predicted octanol–water partition coefficient (Wildman–Crippen LogP) is 3.13. The molecule has 2 N–H and O–H groups in total. The summed E-state index contributed by atoms with van der Waals surface area (Å²) in [5.41, 5.74) is 1.38. The second kappa shape index (κ2) is 8.91. The van der Waals surface area contributed by atoms with Gasteiger partial charge in [-0.25, -0.2) is 0 Å². The standard InChI is InChI=1S/C24H21N3O7S/c1-14-20-12-19(24(29)26-16-7-8-16)22(34-35(30,31)33-20)21(14)27-23(28)15-5-9-18(10-6-15)32-13-17-4-2-3-11-25-17/h2-6,9-12,16H,7-8,13H2,1H3,(H,26,29)(H,27,28). The molecule has 0 unspecified atom stereocenters. The number of aromatic nitrogens is 1. The van der Waals surface area contributed by atoms with E-state index >= 15 is 0 Å². The van der Waals surface area contributed by atoms with E-state index in [1.165, 1.54) is 6.07 Å². The Bertz CT molecular complexity index is 1400. The van der Waals surface area contributed by atoms with Gasteiger partial charge in [0.05, 0.1) is 16.9 Å². The highest BCUT2D eigenvalue weighted by molar-refractivity contribution is 7.82. The first-order chi connectivity index (χ1) is 16.8. The number of nitrogens with one attached hydrogen (secondary N) is 2. The zero-order valence-corrected chi connectivity index (χ0v) is 19.4. The molecule has 6 rings (SSSR count). The molecule has 2 bridgehead atoms. The number of anilines is 1. The van der Waals surface area contributed by atoms with Crippen LogP contribution < -0.4 is 23.7 Å². The van der Waals surface area contributed by atoms with E-state index in [0.29, 0.717) is 11.3 Å². The van der Waals surface area contributed by atoms with Crippen molar-refractivity contribution in [2.24, 2.45) is 0 Å². The molecule has 3 aromatic rings. The molecule has 2 amide bonds. The summed E-state index contributed by atoms with van der Waals surface area (Å²) in [5.74, 6) is -0.870. The number of pyridine rings is 1. The van der Waals surface area contributed by atoms with Crippen LogP contribution in [-0.4, -0.2) is 31.3 Å². The van der Waals surface area contributed by atoms with Crippen LogP contribution in [0.25, 0.3) is 0 Å². The summed E-state index contributed by atoms with van der Waals surface area (Å²) in [6, 6.07) is 13.3. The van der Waals surface area contributed by atoms with Gasteiger partial charge in [-0.1, -0.05) is 6.07 Å². The van der Waals surface area contributed by atoms with Gasteiger partial charge in [-0.3, -0.25) is 14.6 Å². The van der Waals surface area contributed by atoms with Crippen LogP contribution in [0, 0.1) is 6.92 Å². The predicted molar refractivity (Wildman–Crippen MR) is 125 cm³/mol. The van der Waals surface area contributed by atoms with Gasteiger partial charge in [0.15, 0.2) is 11.5 Å². The van der Waals surface area contributed by atoms with Crippen molar-refractivity contribution < 1.29 is 31.1 Å². The fourth-order valence-electron chi connectivity index (χ4n) is 3.47. The van der Waals surface area contributed by atoms with Gasteiger partial charge in [0, 0.05) is 23.4 Å². The summed E-state index contributed by atoms with van der Waals surface area (Å²) in [5, 5.41) is 5.46. The summed E-state index contributed by atoms with van der Waals surface area (Å²) in [6.45, 7) is 1.84. The maximum Gasteiger partial charge on any atom is 0.501 e. The largest absolute Gasteiger partial charge is 0.501 e. The molecular weight excluding hydrogens is 474 g/mol. The molecule has 10 nitrogen and oxygen atoms in total. The van der Waals surface area contributed by atoms with Crippen molar-refractivity contribution in [1.82, 2.24) is 10.3 Å². The van der Waals surface area contributed by atoms with Gasteiger partial charge in [-0.2, -0.15) is 0 Å². The Balaban J connectivity index is 1.37. The molecule has 35 heavy (non-hydrogen) atoms. The molecule has 0 radical (unpaired) electrons. The molecule has 0 saturated heterocycles. The van der Waals surface area contributed by atoms with Crippen LogP contribution in [0.2, 0.25) is 0 Å². The highest BCUT2D eigenvalue weighted by atomic mass is 32.3. The Labute approximate surface area is 201 Å². The molecule has 1 aromatic heterocycles. The minimum atomic E-state index is -4.46. The molecule has 1 aliphatic carbocycles. The lowest BCUT2D eigenvalue weighted by atomic mass is 10.1. The smallest absolute Gasteiger partial charge is 0.487 e. The number of amides is 2. The summed E-state index contributed by atoms with van der Waals surface area (Å²) < 4.78 is 40.0. The number of carbonyl (C=O) groups is 2. The number of fused-ring (bicyclic) bond motifs is 4. The molecule has 2 aliphatic heterocycles. The minimum Gasteiger partial charge on any atom is -0.487 e. The van der Waals surface area contributed by atoms with Gasteiger partial charge >= 0.3 is 10.4 Å². The van der Waals surface area contributed by atoms with Crippen LogP contribution in [0.3, 0.4) is 0 Å². The first-order valence-electron chi connectivity index (χ1n) is 10.9. The third-order valence-corrected chi connectivity index (χ3v) is 6.25. The highest BCUT2D eigenvalue weighted by Gasteiger charge is 2.35. The van der Waals surface area contributed by atoms with E-state index < -0.39 is 22.2 Å². The summed E-state index contributed by atoms with van der Waals surface area (Å²) in [7, 11) is -4.46. The van der Waals surface area contributed by atoms with Crippen molar-refractivity contribution in [3.63, 3.8) is 0 Å². The molecule has 1 saturated carbocycles. The number of hydrogen-bond donors (Lipinski definition) is 2. The highest BCUT2D eigenvalue weighted by Crippen LogP contribution is 2.43. The van der Waals surface area contributed by atoms with Crippen LogP contribution in [0.15, 0.2) is 54.7 Å². The van der Waals surface area contributed by atoms with Gasteiger partial charge in [0.1, 0.15) is 12.4 Å². The van der Waals surface area contributed by atoms with E-state index in [9.17, 15) is 18.0 Å². The zero-order valence-electron chi connectivity index (χ0n) is 18.6. The van der Waals surface area contributed by atoms with Gasteiger partial charge < -0.3 is 23.7 Å². The van der Waals surface area contributed by atoms with Crippen molar-refractivity contribution in [2.45, 2.75) is 32.4 Å². The molecule has 0 spiro atoms. The van der Waals surface area contributed by atoms with Gasteiger partial charge in [0.25, 0.3) is 11.8 Å². The van der Waals surface area contributed by atoms with Crippen molar-refractivity contribution in [3.8, 4) is 17.2 Å². The van der Waals surface area contributed by atoms with E-state index in [0.717, 1.165) is 18.5 Å². The molecule has 3 aliphatic rings. The van der Waals surface area contributed by atoms with E-state index in [1.807, 2.05) is 18.2 Å². The fraction of sp³-hybridized carbons (Fsp3) is 0.208. The average molecular weight is 496 g/mol. The third kappa shape index (κ3) is 5.04. The van der Waals surface area contributed by atoms with Crippen molar-refractivity contribution in [1.29, 1.82) is 0 Å². The third-order valence-electron chi connectivity index (χ3n) is 5.49. The Morgan fingerprint density at radius 2 is 1.86 bits per heavy atom. The number of carbonyl (C=O) groups excluding carboxylic acids is 2. The molecule has 11 heteroatoms. The SMILES string of the molecule is Cc1c2cc(C(=O)NC3CC3)c(c1NC(=O)c1ccc(OCc3ccccn3)cc1)OS(=O)(=O)O2. The number of ether oxygens (including phenoxy) is 1. The summed E-state index contributed by atoms with van der Waals surface area (Å²) in [6.07, 6.45) is 3.37. The van der Waals surface area contributed by atoms with E-state index in [4.69, 9.17) is 13.1 Å². The Morgan fingerprint density at radius 1 is 1.09 bits per heavy atom. The maximum atomic E-state index is 13.0. The van der Waals surface area contributed by atoms with Crippen LogP contribution >= 0.6 is 0 Å². The summed E-state index contributed by atoms with van der Waals surface area (Å²) >= 11 is 0. The van der Waals surface area contributed by atoms with E-state index in [1.54, 1.807) is 37.4 Å². The average Bonchev–Trinajstić information content (AvgIpc) is 3.68. The second-order valence-corrected chi connectivity index (χ2v) is 9.31. The molecule has 3 heterocycles. The second-order valence-electron chi connectivity index (χ2n) is 8.16. The van der Waals surface area contributed by atoms with Crippen LogP contribution in [0.4, 0.5) is 5.69 Å². The first-order valence-corrected chi connectivity index (χ1v) is 12.2. The normalized spacial score (nSPS) is 15.3. The molecular formula is C24H21N3O7S. The monoisotopic (exact) mass is 495 g/mol. The van der Waals surface area contributed by atoms with Crippen LogP contribution in [0.1, 0.15) is 44.8 Å². The topological polar surface area (TPSA) is 133 Å². The number of benzene rings is 2. The minimum absolute atomic E-state index is 0.0351. The Kier molecular flexibility index (Phi) is 5.77. The first kappa shape index (κ1) is 22.7. The molecule has 180 valence electrons.